The van der Waals surface area contributed by atoms with E-state index in [-0.39, 0.29) is 28.1 Å². The van der Waals surface area contributed by atoms with Gasteiger partial charge in [0.15, 0.2) is 21.3 Å². The Kier molecular flexibility index (Phi) is 11.4. The lowest BCUT2D eigenvalue weighted by atomic mass is 9.73. The molecule has 10 heteroatoms. The average molecular weight is 783 g/mol. The number of hydrogen-bond donors (Lipinski definition) is 1. The third-order valence-corrected chi connectivity index (χ3v) is 15.8. The van der Waals surface area contributed by atoms with Crippen molar-refractivity contribution in [2.75, 3.05) is 5.32 Å². The predicted octanol–water partition coefficient (Wildman–Crippen LogP) is 10.4. The van der Waals surface area contributed by atoms with E-state index in [0.717, 1.165) is 10.5 Å². The van der Waals surface area contributed by atoms with Crippen LogP contribution in [0, 0.1) is 52.4 Å². The van der Waals surface area contributed by atoms with Gasteiger partial charge in [-0.1, -0.05) is 41.5 Å². The van der Waals surface area contributed by atoms with E-state index >= 15 is 18.0 Å². The molecule has 0 radical (unpaired) electrons. The smallest absolute Gasteiger partial charge is 0.264 e. The molecule has 0 saturated carbocycles. The second kappa shape index (κ2) is 13.6. The second-order valence-corrected chi connectivity index (χ2v) is 24.1. The molecule has 1 heterocycles. The molecular formula is C45H70N2O7S. The van der Waals surface area contributed by atoms with E-state index in [2.05, 4.69) is 26.1 Å². The minimum absolute atomic E-state index is 0.0587. The van der Waals surface area contributed by atoms with Crippen molar-refractivity contribution < 1.29 is 32.3 Å². The molecule has 1 unspecified atom stereocenters. The zero-order valence-corrected chi connectivity index (χ0v) is 39.0. The topological polar surface area (TPSA) is 119 Å². The number of fused-ring (bicyclic) bond motifs is 1. The van der Waals surface area contributed by atoms with Crippen LogP contribution in [0.2, 0.25) is 0 Å². The van der Waals surface area contributed by atoms with Crippen LogP contribution in [-0.2, 0) is 20.2 Å². The molecule has 55 heavy (non-hydrogen) atoms. The number of carbonyl (C=O) groups excluding carboxylic acids is 3. The second-order valence-electron chi connectivity index (χ2n) is 20.8. The van der Waals surface area contributed by atoms with Crippen molar-refractivity contribution in [3.05, 3.63) is 50.1 Å². The molecule has 3 rings (SSSR count). The maximum absolute atomic E-state index is 15.4. The Morgan fingerprint density at radius 2 is 1.04 bits per heavy atom. The Hall–Kier alpha value is -3.40. The minimum Gasteiger partial charge on any atom is -0.484 e. The zero-order valence-electron chi connectivity index (χ0n) is 38.2. The number of rotatable bonds is 8. The summed E-state index contributed by atoms with van der Waals surface area (Å²) in [7, 11) is -4.17. The molecule has 1 N–H and O–H groups in total. The van der Waals surface area contributed by atoms with E-state index in [9.17, 15) is 4.79 Å². The molecule has 0 aliphatic carbocycles. The summed E-state index contributed by atoms with van der Waals surface area (Å²) >= 11 is 0. The molecule has 0 bridgehead atoms. The van der Waals surface area contributed by atoms with Crippen molar-refractivity contribution in [3.8, 4) is 11.5 Å². The summed E-state index contributed by atoms with van der Waals surface area (Å²) in [4.78, 5) is 45.4. The Morgan fingerprint density at radius 1 is 0.582 bits per heavy atom. The lowest BCUT2D eigenvalue weighted by molar-refractivity contribution is -0.123. The summed E-state index contributed by atoms with van der Waals surface area (Å²) in [6, 6.07) is 0. The van der Waals surface area contributed by atoms with Crippen molar-refractivity contribution in [2.24, 2.45) is 10.8 Å². The van der Waals surface area contributed by atoms with Crippen LogP contribution in [0.4, 0.5) is 5.69 Å². The van der Waals surface area contributed by atoms with Crippen molar-refractivity contribution >= 4 is 33.2 Å². The van der Waals surface area contributed by atoms with E-state index in [4.69, 9.17) is 9.47 Å². The van der Waals surface area contributed by atoms with Crippen LogP contribution in [0.5, 0.6) is 11.5 Å². The summed E-state index contributed by atoms with van der Waals surface area (Å²) in [5.74, 6) is -0.701. The van der Waals surface area contributed by atoms with Gasteiger partial charge in [-0.3, -0.25) is 19.3 Å². The highest BCUT2D eigenvalue weighted by Crippen LogP contribution is 2.56. The van der Waals surface area contributed by atoms with Crippen molar-refractivity contribution in [3.63, 3.8) is 0 Å². The van der Waals surface area contributed by atoms with Gasteiger partial charge in [0.25, 0.3) is 11.8 Å². The normalized spacial score (nSPS) is 15.9. The van der Waals surface area contributed by atoms with E-state index in [1.807, 2.05) is 69.2 Å². The third-order valence-electron chi connectivity index (χ3n) is 12.5. The lowest BCUT2D eigenvalue weighted by Gasteiger charge is -2.52. The fraction of sp³-hybridized carbons (Fsp3) is 0.667. The van der Waals surface area contributed by atoms with Gasteiger partial charge in [0.2, 0.25) is 5.91 Å². The molecule has 0 spiro atoms. The Balaban J connectivity index is 2.71. The highest BCUT2D eigenvalue weighted by molar-refractivity contribution is 7.94. The number of hydrogen-bond acceptors (Lipinski definition) is 7. The number of carbonyl (C=O) groups is 3. The van der Waals surface area contributed by atoms with Crippen molar-refractivity contribution in [1.29, 1.82) is 0 Å². The molecule has 0 saturated heterocycles. The van der Waals surface area contributed by atoms with Crippen LogP contribution < -0.4 is 14.8 Å². The third kappa shape index (κ3) is 7.23. The summed E-state index contributed by atoms with van der Waals surface area (Å²) < 4.78 is 40.8. The van der Waals surface area contributed by atoms with Gasteiger partial charge in [0.1, 0.15) is 11.2 Å². The van der Waals surface area contributed by atoms with Gasteiger partial charge in [-0.2, -0.15) is 0 Å². The van der Waals surface area contributed by atoms with E-state index in [1.54, 1.807) is 69.2 Å². The first kappa shape index (κ1) is 46.0. The fourth-order valence-corrected chi connectivity index (χ4v) is 9.56. The largest absolute Gasteiger partial charge is 0.484 e. The number of ether oxygens (including phenoxy) is 2. The van der Waals surface area contributed by atoms with Crippen LogP contribution in [0.1, 0.15) is 177 Å². The number of sulfone groups is 1. The Morgan fingerprint density at radius 3 is 1.45 bits per heavy atom. The molecule has 1 atom stereocenters. The molecule has 2 aromatic carbocycles. The molecule has 3 amide bonds. The van der Waals surface area contributed by atoms with Gasteiger partial charge < -0.3 is 14.8 Å². The van der Waals surface area contributed by atoms with Crippen molar-refractivity contribution in [1.82, 2.24) is 4.90 Å². The highest BCUT2D eigenvalue weighted by Gasteiger charge is 2.64. The molecule has 0 fully saturated rings. The Bertz CT molecular complexity index is 2060. The summed E-state index contributed by atoms with van der Waals surface area (Å²) in [5.41, 5.74) is 0.495. The fourth-order valence-electron chi connectivity index (χ4n) is 7.31. The first-order valence-electron chi connectivity index (χ1n) is 19.3. The van der Waals surface area contributed by atoms with Gasteiger partial charge in [0, 0.05) is 16.4 Å². The highest BCUT2D eigenvalue weighted by atomic mass is 32.2. The molecule has 1 aliphatic rings. The quantitative estimate of drug-likeness (QED) is 0.265. The average Bonchev–Trinajstić information content (AvgIpc) is 3.25. The molecule has 0 aromatic heterocycles. The number of nitrogens with zero attached hydrogens (tertiary/aromatic N) is 1. The van der Waals surface area contributed by atoms with Gasteiger partial charge in [-0.15, -0.1) is 0 Å². The van der Waals surface area contributed by atoms with Gasteiger partial charge in [-0.05, 0) is 151 Å². The SMILES string of the molecule is Cc1c(C)c(NC(=O)C(C)(C)C)c2c(c1C)C(=O)N(C(C)(c1c(C)c(C)c(OC(C)(C)C)c(OC(C)(C)C(C)(C)C)c1C)C(C)(C)S(=O)(=O)C(C)(C)C)C2=O. The standard InChI is InChI=1S/C45H70N2O7S/c1-24-25(2)30-31(33(27(24)4)46-38(50)39(7,8)9)37(49)47(36(30)48)45(23,44(21,22)55(51,52)42(16,17)18)32-26(3)28(5)34(53-41(13,14)15)35(29(32)6)54-43(19,20)40(10,11)12/h1-23H3,(H,46,50). The monoisotopic (exact) mass is 782 g/mol. The summed E-state index contributed by atoms with van der Waals surface area (Å²) in [6.07, 6.45) is 0. The molecule has 9 nitrogen and oxygen atoms in total. The first-order chi connectivity index (χ1) is 24.2. The van der Waals surface area contributed by atoms with Crippen LogP contribution >= 0.6 is 0 Å². The van der Waals surface area contributed by atoms with Crippen LogP contribution in [0.25, 0.3) is 0 Å². The number of anilines is 1. The van der Waals surface area contributed by atoms with Crippen molar-refractivity contribution in [2.45, 2.75) is 185 Å². The van der Waals surface area contributed by atoms with E-state index in [0.29, 0.717) is 44.9 Å². The summed E-state index contributed by atoms with van der Waals surface area (Å²) in [6.45, 7) is 42.4. The summed E-state index contributed by atoms with van der Waals surface area (Å²) in [5, 5.41) is 2.99. The van der Waals surface area contributed by atoms with Gasteiger partial charge >= 0.3 is 0 Å². The van der Waals surface area contributed by atoms with Gasteiger partial charge in [-0.25, -0.2) is 8.42 Å². The number of imide groups is 1. The number of nitrogens with one attached hydrogen (secondary N) is 1. The van der Waals surface area contributed by atoms with Gasteiger partial charge in [0.05, 0.1) is 31.8 Å². The maximum Gasteiger partial charge on any atom is 0.264 e. The molecule has 2 aromatic rings. The molecular weight excluding hydrogens is 713 g/mol. The first-order valence-corrected chi connectivity index (χ1v) is 20.8. The van der Waals surface area contributed by atoms with E-state index < -0.39 is 53.3 Å². The lowest BCUT2D eigenvalue weighted by Crippen LogP contribution is -2.65. The molecule has 308 valence electrons. The van der Waals surface area contributed by atoms with Crippen LogP contribution in [0.3, 0.4) is 0 Å². The van der Waals surface area contributed by atoms with E-state index in [1.165, 1.54) is 0 Å². The maximum atomic E-state index is 15.4. The minimum atomic E-state index is -4.17. The predicted molar refractivity (Wildman–Crippen MR) is 225 cm³/mol. The zero-order chi connectivity index (χ0) is 43.4. The Labute approximate surface area is 332 Å². The number of amides is 3. The van der Waals surface area contributed by atoms with Crippen LogP contribution in [0.15, 0.2) is 0 Å². The van der Waals surface area contributed by atoms with Crippen LogP contribution in [-0.4, -0.2) is 51.7 Å². The molecule has 1 aliphatic heterocycles. The number of benzene rings is 2.